The average molecular weight is 358 g/mol. The molecule has 3 fully saturated rings. The van der Waals surface area contributed by atoms with E-state index in [9.17, 15) is 19.8 Å². The van der Waals surface area contributed by atoms with Gasteiger partial charge in [-0.2, -0.15) is 0 Å². The molecule has 0 amide bonds. The second kappa shape index (κ2) is 5.87. The normalized spacial score (nSPS) is 49.9. The molecule has 0 aliphatic heterocycles. The number of fused-ring (bicyclic) bond motifs is 5. The zero-order valence-corrected chi connectivity index (χ0v) is 15.9. The third-order valence-corrected chi connectivity index (χ3v) is 8.36. The van der Waals surface area contributed by atoms with Crippen LogP contribution >= 0.6 is 0 Å². The van der Waals surface area contributed by atoms with Crippen molar-refractivity contribution in [3.63, 3.8) is 0 Å². The van der Waals surface area contributed by atoms with Crippen LogP contribution in [0.3, 0.4) is 0 Å². The molecule has 4 heteroatoms. The molecule has 0 aromatic heterocycles. The Kier molecular flexibility index (Phi) is 4.09. The number of ketones is 2. The van der Waals surface area contributed by atoms with Gasteiger partial charge in [-0.05, 0) is 61.0 Å². The summed E-state index contributed by atoms with van der Waals surface area (Å²) in [5.74, 6) is 0.967. The van der Waals surface area contributed by atoms with Crippen LogP contribution in [0.1, 0.15) is 46.5 Å². The Morgan fingerprint density at radius 1 is 1.31 bits per heavy atom. The fraction of sp³-hybridized carbons (Fsp3) is 0.727. The van der Waals surface area contributed by atoms with Gasteiger partial charge in [0, 0.05) is 17.3 Å². The summed E-state index contributed by atoms with van der Waals surface area (Å²) in [6.45, 7) is 6.12. The van der Waals surface area contributed by atoms with Crippen molar-refractivity contribution in [3.05, 3.63) is 23.8 Å². The summed E-state index contributed by atoms with van der Waals surface area (Å²) >= 11 is 0. The molecule has 0 heterocycles. The van der Waals surface area contributed by atoms with Gasteiger partial charge in [-0.3, -0.25) is 9.59 Å². The van der Waals surface area contributed by atoms with Crippen molar-refractivity contribution in [1.29, 1.82) is 0 Å². The molecule has 0 aromatic carbocycles. The van der Waals surface area contributed by atoms with Crippen LogP contribution in [-0.2, 0) is 9.59 Å². The third-order valence-electron chi connectivity index (χ3n) is 8.36. The van der Waals surface area contributed by atoms with Gasteiger partial charge in [0.2, 0.25) is 0 Å². The first-order chi connectivity index (χ1) is 12.2. The first-order valence-electron chi connectivity index (χ1n) is 9.99. The summed E-state index contributed by atoms with van der Waals surface area (Å²) in [5, 5.41) is 20.6. The molecule has 4 nitrogen and oxygen atoms in total. The number of allylic oxidation sites excluding steroid dienone is 4. The minimum atomic E-state index is -0.493. The van der Waals surface area contributed by atoms with Crippen LogP contribution in [0.4, 0.5) is 0 Å². The molecule has 0 aromatic rings. The number of hydrogen-bond acceptors (Lipinski definition) is 4. The maximum Gasteiger partial charge on any atom is 0.178 e. The number of aliphatic hydroxyl groups is 2. The number of aliphatic hydroxyl groups excluding tert-OH is 2. The van der Waals surface area contributed by atoms with Crippen molar-refractivity contribution in [2.45, 2.75) is 52.6 Å². The van der Waals surface area contributed by atoms with Gasteiger partial charge in [-0.25, -0.2) is 0 Å². The van der Waals surface area contributed by atoms with Gasteiger partial charge in [0.25, 0.3) is 0 Å². The van der Waals surface area contributed by atoms with E-state index in [2.05, 4.69) is 20.8 Å². The van der Waals surface area contributed by atoms with E-state index in [1.165, 1.54) is 0 Å². The quantitative estimate of drug-likeness (QED) is 0.796. The van der Waals surface area contributed by atoms with E-state index in [1.807, 2.05) is 6.08 Å². The Bertz CT molecular complexity index is 707. The monoisotopic (exact) mass is 358 g/mol. The molecule has 8 atom stereocenters. The van der Waals surface area contributed by atoms with E-state index in [0.29, 0.717) is 24.2 Å². The van der Waals surface area contributed by atoms with E-state index < -0.39 is 12.7 Å². The van der Waals surface area contributed by atoms with Crippen LogP contribution in [0.15, 0.2) is 23.8 Å². The molecule has 26 heavy (non-hydrogen) atoms. The second-order valence-electron chi connectivity index (χ2n) is 9.58. The van der Waals surface area contributed by atoms with Crippen LogP contribution in [0.25, 0.3) is 0 Å². The molecule has 0 radical (unpaired) electrons. The van der Waals surface area contributed by atoms with E-state index in [1.54, 1.807) is 12.2 Å². The Hall–Kier alpha value is -1.26. The molecule has 4 aliphatic rings. The highest BCUT2D eigenvalue weighted by Gasteiger charge is 2.63. The zero-order valence-electron chi connectivity index (χ0n) is 15.9. The summed E-state index contributed by atoms with van der Waals surface area (Å²) in [5.41, 5.74) is 0.650. The molecule has 4 rings (SSSR count). The van der Waals surface area contributed by atoms with Gasteiger partial charge in [0.15, 0.2) is 11.6 Å². The predicted octanol–water partition coefficient (Wildman–Crippen LogP) is 2.69. The van der Waals surface area contributed by atoms with E-state index >= 15 is 0 Å². The van der Waals surface area contributed by atoms with E-state index in [4.69, 9.17) is 0 Å². The van der Waals surface area contributed by atoms with Gasteiger partial charge < -0.3 is 10.2 Å². The molecule has 3 saturated carbocycles. The minimum absolute atomic E-state index is 0.0485. The highest BCUT2D eigenvalue weighted by Crippen LogP contribution is 2.66. The molecule has 0 saturated heterocycles. The molecular weight excluding hydrogens is 328 g/mol. The van der Waals surface area contributed by atoms with E-state index in [0.717, 1.165) is 24.8 Å². The first kappa shape index (κ1) is 18.1. The smallest absolute Gasteiger partial charge is 0.178 e. The molecule has 2 N–H and O–H groups in total. The summed E-state index contributed by atoms with van der Waals surface area (Å²) in [7, 11) is 0. The van der Waals surface area contributed by atoms with E-state index in [-0.39, 0.29) is 34.2 Å². The van der Waals surface area contributed by atoms with Crippen molar-refractivity contribution in [1.82, 2.24) is 0 Å². The van der Waals surface area contributed by atoms with Gasteiger partial charge in [0.05, 0.1) is 6.10 Å². The topological polar surface area (TPSA) is 74.6 Å². The van der Waals surface area contributed by atoms with Gasteiger partial charge in [-0.15, -0.1) is 0 Å². The number of carbonyl (C=O) groups is 2. The van der Waals surface area contributed by atoms with Crippen molar-refractivity contribution >= 4 is 11.6 Å². The summed E-state index contributed by atoms with van der Waals surface area (Å²) in [4.78, 5) is 24.3. The van der Waals surface area contributed by atoms with Crippen molar-refractivity contribution in [2.24, 2.45) is 40.4 Å². The molecular formula is C22H30O4. The number of Topliss-reactive ketones (excluding diaryl/α,β-unsaturated/α-hetero) is 1. The average Bonchev–Trinajstić information content (AvgIpc) is 2.92. The third kappa shape index (κ3) is 2.27. The second-order valence-corrected chi connectivity index (χ2v) is 9.58. The lowest BCUT2D eigenvalue weighted by molar-refractivity contribution is -0.143. The lowest BCUT2D eigenvalue weighted by atomic mass is 9.45. The molecule has 0 bridgehead atoms. The SMILES string of the molecule is C[C@@H]1C[C@H]2C3CC[C@H](C(=O)CO)[C@@]3(C)C[C@H](O)[C@@H]2[C@@]2(C)C=CC(=O)C=C12. The predicted molar refractivity (Wildman–Crippen MR) is 98.1 cm³/mol. The van der Waals surface area contributed by atoms with Crippen molar-refractivity contribution < 1.29 is 19.8 Å². The fourth-order valence-electron chi connectivity index (χ4n) is 7.39. The van der Waals surface area contributed by atoms with Crippen molar-refractivity contribution in [3.8, 4) is 0 Å². The van der Waals surface area contributed by atoms with Crippen LogP contribution in [0, 0.1) is 40.4 Å². The van der Waals surface area contributed by atoms with Crippen LogP contribution < -0.4 is 0 Å². The number of hydrogen-bond donors (Lipinski definition) is 2. The summed E-state index contributed by atoms with van der Waals surface area (Å²) in [6, 6.07) is 0. The van der Waals surface area contributed by atoms with Crippen LogP contribution in [0.2, 0.25) is 0 Å². The number of carbonyl (C=O) groups excluding carboxylic acids is 2. The Labute approximate surface area is 155 Å². The minimum Gasteiger partial charge on any atom is -0.393 e. The molecule has 0 spiro atoms. The maximum absolute atomic E-state index is 12.3. The first-order valence-corrected chi connectivity index (χ1v) is 9.99. The van der Waals surface area contributed by atoms with Crippen LogP contribution in [0.5, 0.6) is 0 Å². The number of rotatable bonds is 2. The lowest BCUT2D eigenvalue weighted by Crippen LogP contribution is -2.57. The van der Waals surface area contributed by atoms with Gasteiger partial charge in [-0.1, -0.05) is 32.4 Å². The molecule has 1 unspecified atom stereocenters. The summed E-state index contributed by atoms with van der Waals surface area (Å²) in [6.07, 6.45) is 8.35. The Morgan fingerprint density at radius 3 is 2.73 bits per heavy atom. The zero-order chi connectivity index (χ0) is 18.9. The Balaban J connectivity index is 1.75. The van der Waals surface area contributed by atoms with Crippen LogP contribution in [-0.4, -0.2) is 34.5 Å². The molecule has 142 valence electrons. The van der Waals surface area contributed by atoms with Gasteiger partial charge in [0.1, 0.15) is 6.61 Å². The maximum atomic E-state index is 12.3. The van der Waals surface area contributed by atoms with Gasteiger partial charge >= 0.3 is 0 Å². The molecule has 4 aliphatic carbocycles. The fourth-order valence-corrected chi connectivity index (χ4v) is 7.39. The highest BCUT2D eigenvalue weighted by atomic mass is 16.3. The summed E-state index contributed by atoms with van der Waals surface area (Å²) < 4.78 is 0. The largest absolute Gasteiger partial charge is 0.393 e. The highest BCUT2D eigenvalue weighted by molar-refractivity contribution is 6.01. The Morgan fingerprint density at radius 2 is 2.04 bits per heavy atom. The lowest BCUT2D eigenvalue weighted by Gasteiger charge is -2.60. The standard InChI is InChI=1S/C22H30O4/c1-12-8-14-15-4-5-16(19(26)11-23)22(15,3)10-18(25)20(14)21(2)7-6-13(24)9-17(12)21/h6-7,9,12,14-16,18,20,23,25H,4-5,8,10-11H2,1-3H3/t12-,14+,15?,16-,18+,20-,21+,22+/m1/s1. The van der Waals surface area contributed by atoms with Crippen molar-refractivity contribution in [2.75, 3.05) is 6.61 Å².